The number of sulfonamides is 1. The maximum atomic E-state index is 13.7. The molecule has 42 heavy (non-hydrogen) atoms. The first-order chi connectivity index (χ1) is 20.1. The summed E-state index contributed by atoms with van der Waals surface area (Å²) in [6.45, 7) is 7.38. The largest absolute Gasteiger partial charge is 0.495 e. The van der Waals surface area contributed by atoms with Gasteiger partial charge in [-0.05, 0) is 99.1 Å². The zero-order valence-corrected chi connectivity index (χ0v) is 26.4. The molecule has 1 unspecified atom stereocenters. The van der Waals surface area contributed by atoms with Crippen molar-refractivity contribution in [2.75, 3.05) is 46.4 Å². The summed E-state index contributed by atoms with van der Waals surface area (Å²) in [5, 5.41) is 0.766. The van der Waals surface area contributed by atoms with Crippen molar-refractivity contribution in [1.82, 2.24) is 19.4 Å². The molecular formula is C32H43ClN4O4S. The van der Waals surface area contributed by atoms with Crippen LogP contribution >= 0.6 is 11.6 Å². The molecule has 0 aromatic heterocycles. The van der Waals surface area contributed by atoms with Crippen LogP contribution in [0.15, 0.2) is 41.0 Å². The molecule has 1 aromatic carbocycles. The van der Waals surface area contributed by atoms with Crippen molar-refractivity contribution in [2.45, 2.75) is 75.3 Å². The molecule has 228 valence electrons. The van der Waals surface area contributed by atoms with Crippen molar-refractivity contribution in [1.29, 1.82) is 0 Å². The number of amides is 2. The van der Waals surface area contributed by atoms with Crippen LogP contribution in [0, 0.1) is 11.8 Å². The molecule has 0 radical (unpaired) electrons. The molecule has 1 N–H and O–H groups in total. The van der Waals surface area contributed by atoms with Crippen LogP contribution in [-0.2, 0) is 26.6 Å². The minimum absolute atomic E-state index is 0.0427. The van der Waals surface area contributed by atoms with Gasteiger partial charge < -0.3 is 14.5 Å². The van der Waals surface area contributed by atoms with E-state index in [0.717, 1.165) is 75.6 Å². The molecule has 8 nitrogen and oxygen atoms in total. The van der Waals surface area contributed by atoms with Crippen LogP contribution in [0.5, 0.6) is 0 Å². The number of allylic oxidation sites excluding steroid dienone is 2. The number of carbonyl (C=O) groups excluding carboxylic acids is 1. The first kappa shape index (κ1) is 28.7. The molecule has 3 aliphatic carbocycles. The van der Waals surface area contributed by atoms with Gasteiger partial charge >= 0.3 is 6.03 Å². The summed E-state index contributed by atoms with van der Waals surface area (Å²) in [7, 11) is -2.31. The molecule has 4 bridgehead atoms. The number of hydrogen-bond donors (Lipinski definition) is 1. The molecule has 8 rings (SSSR count). The van der Waals surface area contributed by atoms with Crippen LogP contribution in [0.3, 0.4) is 0 Å². The van der Waals surface area contributed by atoms with E-state index >= 15 is 0 Å². The summed E-state index contributed by atoms with van der Waals surface area (Å²) < 4.78 is 36.5. The number of hydrogen-bond acceptors (Lipinski definition) is 6. The molecule has 4 heterocycles. The lowest BCUT2D eigenvalue weighted by molar-refractivity contribution is 0.0187. The number of urea groups is 1. The van der Waals surface area contributed by atoms with E-state index in [0.29, 0.717) is 18.4 Å². The van der Waals surface area contributed by atoms with Gasteiger partial charge in [-0.15, -0.1) is 0 Å². The molecule has 10 heteroatoms. The van der Waals surface area contributed by atoms with Crippen LogP contribution in [0.1, 0.15) is 63.0 Å². The molecule has 4 aliphatic heterocycles. The van der Waals surface area contributed by atoms with Gasteiger partial charge in [0.15, 0.2) is 0 Å². The Morgan fingerprint density at radius 3 is 2.60 bits per heavy atom. The van der Waals surface area contributed by atoms with E-state index in [9.17, 15) is 13.2 Å². The fourth-order valence-electron chi connectivity index (χ4n) is 8.55. The third-order valence-electron chi connectivity index (χ3n) is 11.4. The number of aryl methyl sites for hydroxylation is 1. The van der Waals surface area contributed by atoms with Gasteiger partial charge in [0.05, 0.1) is 17.1 Å². The van der Waals surface area contributed by atoms with Crippen molar-refractivity contribution in [3.63, 3.8) is 0 Å². The standard InChI is InChI=1S/C32H43ClN4O4S/c1-31-17-27-8-10-29(31)41-21-32(13-3-4-22-16-25(33)7-9-28(22)32)20-37(31)19-24-6-5-23(24)18-36-14-11-26(12-15-36)35(2)30(38)34-42(27,39)40/h7-10,16,23-24,26H,3-6,11-15,17-21H2,1-2H3,(H,34,38)/t23-,24-,31?,32-/m0/s1. The SMILES string of the molecule is CN1C(=O)NS(=O)(=O)C2=CC=C3OC[C@]4(CCCc5cc(Cl)ccc54)CN(C[C@@H]4CC[C@H]4CN4CCC1CC4)C3(C)C2. The van der Waals surface area contributed by atoms with E-state index in [4.69, 9.17) is 16.3 Å². The van der Waals surface area contributed by atoms with Crippen molar-refractivity contribution in [2.24, 2.45) is 11.8 Å². The monoisotopic (exact) mass is 614 g/mol. The van der Waals surface area contributed by atoms with Crippen LogP contribution in [0.2, 0.25) is 5.02 Å². The van der Waals surface area contributed by atoms with E-state index in [2.05, 4.69) is 33.6 Å². The maximum Gasteiger partial charge on any atom is 0.331 e. The molecule has 7 aliphatic rings. The number of ether oxygens (including phenoxy) is 1. The Kier molecular flexibility index (Phi) is 7.19. The predicted molar refractivity (Wildman–Crippen MR) is 164 cm³/mol. The Balaban J connectivity index is 1.28. The topological polar surface area (TPSA) is 82.2 Å². The molecule has 1 saturated carbocycles. The molecule has 4 atom stereocenters. The van der Waals surface area contributed by atoms with E-state index in [1.165, 1.54) is 24.0 Å². The van der Waals surface area contributed by atoms with Crippen LogP contribution in [0.25, 0.3) is 0 Å². The Morgan fingerprint density at radius 2 is 1.83 bits per heavy atom. The van der Waals surface area contributed by atoms with Gasteiger partial charge in [-0.25, -0.2) is 17.9 Å². The molecule has 2 amide bonds. The fraction of sp³-hybridized carbons (Fsp3) is 0.656. The molecule has 1 aromatic rings. The molecule has 5 fully saturated rings. The number of carbonyl (C=O) groups is 1. The molecule has 4 saturated heterocycles. The van der Waals surface area contributed by atoms with Crippen molar-refractivity contribution in [3.05, 3.63) is 57.2 Å². The lowest BCUT2D eigenvalue weighted by Crippen LogP contribution is -2.57. The predicted octanol–water partition coefficient (Wildman–Crippen LogP) is 4.65. The second-order valence-electron chi connectivity index (χ2n) is 13.9. The highest BCUT2D eigenvalue weighted by Gasteiger charge is 2.52. The number of benzene rings is 1. The quantitative estimate of drug-likeness (QED) is 0.458. The Morgan fingerprint density at radius 1 is 1.07 bits per heavy atom. The average Bonchev–Trinajstić information content (AvgIpc) is 3.07. The highest BCUT2D eigenvalue weighted by Crippen LogP contribution is 2.49. The minimum Gasteiger partial charge on any atom is -0.495 e. The number of nitrogens with one attached hydrogen (secondary N) is 1. The second kappa shape index (κ2) is 10.5. The first-order valence-corrected chi connectivity index (χ1v) is 17.5. The van der Waals surface area contributed by atoms with Crippen molar-refractivity contribution in [3.8, 4) is 0 Å². The summed E-state index contributed by atoms with van der Waals surface area (Å²) in [6, 6.07) is 5.80. The van der Waals surface area contributed by atoms with Crippen LogP contribution in [-0.4, -0.2) is 87.1 Å². The third-order valence-corrected chi connectivity index (χ3v) is 13.1. The van der Waals surface area contributed by atoms with E-state index in [1.807, 2.05) is 12.1 Å². The van der Waals surface area contributed by atoms with Gasteiger partial charge in [-0.1, -0.05) is 17.7 Å². The van der Waals surface area contributed by atoms with Gasteiger partial charge in [-0.2, -0.15) is 0 Å². The lowest BCUT2D eigenvalue weighted by Gasteiger charge is -2.50. The summed E-state index contributed by atoms with van der Waals surface area (Å²) >= 11 is 6.43. The van der Waals surface area contributed by atoms with Crippen LogP contribution < -0.4 is 4.72 Å². The molecular weight excluding hydrogens is 572 g/mol. The van der Waals surface area contributed by atoms with Gasteiger partial charge in [0.2, 0.25) is 0 Å². The average molecular weight is 615 g/mol. The Hall–Kier alpha value is -2.07. The molecule has 1 spiro atoms. The summed E-state index contributed by atoms with van der Waals surface area (Å²) in [6.07, 6.45) is 11.0. The first-order valence-electron chi connectivity index (χ1n) is 15.7. The van der Waals surface area contributed by atoms with Crippen molar-refractivity contribution >= 4 is 27.7 Å². The number of rotatable bonds is 0. The van der Waals surface area contributed by atoms with Gasteiger partial charge in [-0.3, -0.25) is 4.90 Å². The summed E-state index contributed by atoms with van der Waals surface area (Å²) in [5.74, 6) is 2.01. The lowest BCUT2D eigenvalue weighted by atomic mass is 9.68. The summed E-state index contributed by atoms with van der Waals surface area (Å²) in [5.41, 5.74) is 1.78. The van der Waals surface area contributed by atoms with Gasteiger partial charge in [0.25, 0.3) is 10.0 Å². The van der Waals surface area contributed by atoms with E-state index in [-0.39, 0.29) is 22.8 Å². The number of fused-ring (bicyclic) bond motifs is 7. The third kappa shape index (κ3) is 4.88. The maximum absolute atomic E-state index is 13.7. The highest BCUT2D eigenvalue weighted by molar-refractivity contribution is 7.93. The van der Waals surface area contributed by atoms with Crippen molar-refractivity contribution < 1.29 is 17.9 Å². The second-order valence-corrected chi connectivity index (χ2v) is 16.0. The highest BCUT2D eigenvalue weighted by atomic mass is 35.5. The number of nitrogens with zero attached hydrogens (tertiary/aromatic N) is 3. The number of piperidine rings is 1. The van der Waals surface area contributed by atoms with Crippen LogP contribution in [0.4, 0.5) is 4.79 Å². The number of halogens is 1. The minimum atomic E-state index is -4.03. The zero-order chi connectivity index (χ0) is 29.3. The van der Waals surface area contributed by atoms with E-state index < -0.39 is 21.6 Å². The summed E-state index contributed by atoms with van der Waals surface area (Å²) in [4.78, 5) is 20.1. The van der Waals surface area contributed by atoms with E-state index in [1.54, 1.807) is 18.0 Å². The van der Waals surface area contributed by atoms with Gasteiger partial charge in [0.1, 0.15) is 5.76 Å². The smallest absolute Gasteiger partial charge is 0.331 e. The van der Waals surface area contributed by atoms with Gasteiger partial charge in [0, 0.05) is 62.7 Å². The Bertz CT molecular complexity index is 1440. The zero-order valence-electron chi connectivity index (χ0n) is 24.8. The Labute approximate surface area is 255 Å². The normalized spacial score (nSPS) is 38.2. The fourth-order valence-corrected chi connectivity index (χ4v) is 9.97.